The van der Waals surface area contributed by atoms with E-state index in [-0.39, 0.29) is 18.0 Å². The van der Waals surface area contributed by atoms with Gasteiger partial charge in [0.2, 0.25) is 0 Å². The number of hydrogen-bond acceptors (Lipinski definition) is 3. The summed E-state index contributed by atoms with van der Waals surface area (Å²) in [4.78, 5) is 27.1. The molecular weight excluding hydrogens is 318 g/mol. The second kappa shape index (κ2) is 8.34. The fraction of sp³-hybridized carbons (Fsp3) is 0.579. The van der Waals surface area contributed by atoms with Gasteiger partial charge >= 0.3 is 6.09 Å². The van der Waals surface area contributed by atoms with Crippen LogP contribution in [0.3, 0.4) is 0 Å². The zero-order valence-corrected chi connectivity index (χ0v) is 14.9. The van der Waals surface area contributed by atoms with Crippen LogP contribution in [-0.4, -0.2) is 55.7 Å². The second-order valence-corrected chi connectivity index (χ2v) is 6.90. The van der Waals surface area contributed by atoms with Gasteiger partial charge in [-0.2, -0.15) is 0 Å². The average molecular weight is 346 g/mol. The lowest BCUT2D eigenvalue weighted by molar-refractivity contribution is -0.908. The van der Waals surface area contributed by atoms with E-state index in [9.17, 15) is 9.59 Å². The van der Waals surface area contributed by atoms with Crippen LogP contribution in [0.1, 0.15) is 30.9 Å². The van der Waals surface area contributed by atoms with Crippen LogP contribution in [0.15, 0.2) is 24.3 Å². The predicted molar refractivity (Wildman–Crippen MR) is 94.3 cm³/mol. The third-order valence-corrected chi connectivity index (χ3v) is 5.10. The fourth-order valence-corrected chi connectivity index (χ4v) is 3.72. The quantitative estimate of drug-likeness (QED) is 0.828. The first kappa shape index (κ1) is 17.7. The number of piperidine rings is 1. The molecule has 2 heterocycles. The van der Waals surface area contributed by atoms with Gasteiger partial charge in [-0.25, -0.2) is 4.79 Å². The van der Waals surface area contributed by atoms with Gasteiger partial charge in [0.25, 0.3) is 5.91 Å². The zero-order chi connectivity index (χ0) is 17.6. The maximum atomic E-state index is 12.4. The van der Waals surface area contributed by atoms with E-state index in [2.05, 4.69) is 29.6 Å². The Morgan fingerprint density at radius 1 is 1.24 bits per heavy atom. The maximum absolute atomic E-state index is 12.4. The molecule has 136 valence electrons. The van der Waals surface area contributed by atoms with Crippen molar-refractivity contribution in [2.75, 3.05) is 32.8 Å². The molecule has 1 aromatic rings. The van der Waals surface area contributed by atoms with Crippen molar-refractivity contribution in [3.8, 4) is 0 Å². The Hall–Kier alpha value is -2.08. The largest absolute Gasteiger partial charge is 0.450 e. The first-order valence-corrected chi connectivity index (χ1v) is 9.27. The first-order valence-electron chi connectivity index (χ1n) is 9.27. The number of ether oxygens (including phenoxy) is 1. The summed E-state index contributed by atoms with van der Waals surface area (Å²) in [5.41, 5.74) is 2.78. The summed E-state index contributed by atoms with van der Waals surface area (Å²) < 4.78 is 5.02. The molecule has 0 aromatic heterocycles. The first-order chi connectivity index (χ1) is 12.2. The minimum absolute atomic E-state index is 0.115. The number of fused-ring (bicyclic) bond motifs is 1. The number of amides is 2. The molecule has 1 fully saturated rings. The Bertz CT molecular complexity index is 612. The van der Waals surface area contributed by atoms with E-state index in [1.807, 2.05) is 6.92 Å². The Labute approximate surface area is 149 Å². The number of likely N-dealkylation sites (tertiary alicyclic amines) is 1. The third-order valence-electron chi connectivity index (χ3n) is 5.10. The van der Waals surface area contributed by atoms with Crippen LogP contribution >= 0.6 is 0 Å². The van der Waals surface area contributed by atoms with Gasteiger partial charge in [-0.15, -0.1) is 0 Å². The number of hydrogen-bond donors (Lipinski definition) is 2. The van der Waals surface area contributed by atoms with E-state index in [1.165, 1.54) is 16.0 Å². The van der Waals surface area contributed by atoms with Crippen LogP contribution in [0.2, 0.25) is 0 Å². The van der Waals surface area contributed by atoms with Crippen LogP contribution in [0, 0.1) is 0 Å². The maximum Gasteiger partial charge on any atom is 0.409 e. The van der Waals surface area contributed by atoms with Gasteiger partial charge in [0.15, 0.2) is 6.54 Å². The van der Waals surface area contributed by atoms with Crippen LogP contribution in [0.25, 0.3) is 0 Å². The third kappa shape index (κ3) is 4.72. The summed E-state index contributed by atoms with van der Waals surface area (Å²) in [5, 5.41) is 3.14. The van der Waals surface area contributed by atoms with Gasteiger partial charge in [0.05, 0.1) is 13.2 Å². The monoisotopic (exact) mass is 346 g/mol. The van der Waals surface area contributed by atoms with Crippen molar-refractivity contribution in [1.82, 2.24) is 10.2 Å². The normalized spacial score (nSPS) is 20.7. The Morgan fingerprint density at radius 2 is 1.96 bits per heavy atom. The Balaban J connectivity index is 1.41. The number of rotatable bonds is 4. The molecule has 1 saturated heterocycles. The summed E-state index contributed by atoms with van der Waals surface area (Å²) in [5.74, 6) is 0.115. The number of nitrogens with zero attached hydrogens (tertiary/aromatic N) is 1. The molecule has 0 bridgehead atoms. The van der Waals surface area contributed by atoms with E-state index in [0.717, 1.165) is 32.4 Å². The summed E-state index contributed by atoms with van der Waals surface area (Å²) in [6.07, 6.45) is 2.38. The summed E-state index contributed by atoms with van der Waals surface area (Å²) in [7, 11) is 0. The Kier molecular flexibility index (Phi) is 5.91. The van der Waals surface area contributed by atoms with Gasteiger partial charge in [-0.1, -0.05) is 24.3 Å². The highest BCUT2D eigenvalue weighted by Crippen LogP contribution is 2.12. The molecule has 0 radical (unpaired) electrons. The van der Waals surface area contributed by atoms with Crippen LogP contribution in [0.4, 0.5) is 4.79 Å². The molecule has 3 rings (SSSR count). The molecule has 0 saturated carbocycles. The molecule has 2 aliphatic heterocycles. The molecule has 0 spiro atoms. The van der Waals surface area contributed by atoms with Gasteiger partial charge < -0.3 is 19.9 Å². The molecule has 2 amide bonds. The lowest BCUT2D eigenvalue weighted by Gasteiger charge is -2.32. The van der Waals surface area contributed by atoms with Gasteiger partial charge in [0.1, 0.15) is 6.54 Å². The van der Waals surface area contributed by atoms with Gasteiger partial charge in [-0.3, -0.25) is 4.79 Å². The van der Waals surface area contributed by atoms with Crippen LogP contribution in [0.5, 0.6) is 0 Å². The van der Waals surface area contributed by atoms with Gasteiger partial charge in [0, 0.05) is 31.1 Å². The van der Waals surface area contributed by atoms with Crippen molar-refractivity contribution >= 4 is 12.0 Å². The fourth-order valence-electron chi connectivity index (χ4n) is 3.72. The van der Waals surface area contributed by atoms with Crippen molar-refractivity contribution in [3.63, 3.8) is 0 Å². The molecule has 6 heteroatoms. The van der Waals surface area contributed by atoms with Crippen molar-refractivity contribution < 1.29 is 19.2 Å². The number of quaternary nitrogens is 1. The van der Waals surface area contributed by atoms with Crippen molar-refractivity contribution in [3.05, 3.63) is 35.4 Å². The molecule has 2 N–H and O–H groups in total. The van der Waals surface area contributed by atoms with Gasteiger partial charge in [-0.05, 0) is 25.3 Å². The van der Waals surface area contributed by atoms with Crippen molar-refractivity contribution in [2.45, 2.75) is 38.8 Å². The SMILES string of the molecule is CCOC(=O)N1CCC(NC(=O)C[NH+]2CCc3ccccc3C2)CC1. The molecule has 2 aliphatic rings. The molecule has 1 aromatic carbocycles. The molecule has 1 atom stereocenters. The van der Waals surface area contributed by atoms with Crippen LogP contribution < -0.4 is 10.2 Å². The highest BCUT2D eigenvalue weighted by atomic mass is 16.6. The summed E-state index contributed by atoms with van der Waals surface area (Å²) >= 11 is 0. The summed E-state index contributed by atoms with van der Waals surface area (Å²) in [6, 6.07) is 8.66. The van der Waals surface area contributed by atoms with Crippen LogP contribution in [-0.2, 0) is 22.5 Å². The zero-order valence-electron chi connectivity index (χ0n) is 14.9. The topological polar surface area (TPSA) is 63.1 Å². The molecule has 6 nitrogen and oxygen atoms in total. The predicted octanol–water partition coefficient (Wildman–Crippen LogP) is 0.365. The highest BCUT2D eigenvalue weighted by Gasteiger charge is 2.26. The minimum Gasteiger partial charge on any atom is -0.450 e. The number of benzene rings is 1. The number of nitrogens with one attached hydrogen (secondary N) is 2. The average Bonchev–Trinajstić information content (AvgIpc) is 2.62. The lowest BCUT2D eigenvalue weighted by Crippen LogP contribution is -3.13. The second-order valence-electron chi connectivity index (χ2n) is 6.90. The number of carbonyl (C=O) groups excluding carboxylic acids is 2. The van der Waals surface area contributed by atoms with E-state index in [1.54, 1.807) is 4.90 Å². The molecule has 1 unspecified atom stereocenters. The molecular formula is C19H28N3O3+. The van der Waals surface area contributed by atoms with E-state index in [0.29, 0.717) is 26.2 Å². The standard InChI is InChI=1S/C19H27N3O3/c1-2-25-19(24)22-11-8-17(9-12-22)20-18(23)14-21-10-7-15-5-3-4-6-16(15)13-21/h3-6,17H,2,7-14H2,1H3,(H,20,23)/p+1. The summed E-state index contributed by atoms with van der Waals surface area (Å²) in [6.45, 7) is 5.95. The van der Waals surface area contributed by atoms with Crippen molar-refractivity contribution in [2.24, 2.45) is 0 Å². The van der Waals surface area contributed by atoms with E-state index >= 15 is 0 Å². The smallest absolute Gasteiger partial charge is 0.409 e. The Morgan fingerprint density at radius 3 is 2.68 bits per heavy atom. The van der Waals surface area contributed by atoms with E-state index < -0.39 is 0 Å². The number of carbonyl (C=O) groups is 2. The highest BCUT2D eigenvalue weighted by molar-refractivity contribution is 5.77. The lowest BCUT2D eigenvalue weighted by atomic mass is 10.00. The minimum atomic E-state index is -0.247. The van der Waals surface area contributed by atoms with E-state index in [4.69, 9.17) is 4.74 Å². The van der Waals surface area contributed by atoms with Crippen molar-refractivity contribution in [1.29, 1.82) is 0 Å². The molecule has 0 aliphatic carbocycles. The molecule has 25 heavy (non-hydrogen) atoms.